The summed E-state index contributed by atoms with van der Waals surface area (Å²) in [6.45, 7) is 2.82. The van der Waals surface area contributed by atoms with Gasteiger partial charge >= 0.3 is 0 Å². The smallest absolute Gasteiger partial charge is 0.257 e. The molecule has 9 nitrogen and oxygen atoms in total. The van der Waals surface area contributed by atoms with E-state index in [1.165, 1.54) is 5.56 Å². The van der Waals surface area contributed by atoms with Gasteiger partial charge in [0.2, 0.25) is 5.88 Å². The molecule has 0 aliphatic carbocycles. The molecular formula is C33H29N7O2. The molecule has 1 saturated heterocycles. The predicted octanol–water partition coefficient (Wildman–Crippen LogP) is 5.52. The van der Waals surface area contributed by atoms with Gasteiger partial charge in [-0.25, -0.2) is 9.97 Å². The summed E-state index contributed by atoms with van der Waals surface area (Å²) >= 11 is 0. The van der Waals surface area contributed by atoms with Gasteiger partial charge < -0.3 is 15.1 Å². The number of piperidine rings is 1. The van der Waals surface area contributed by atoms with Crippen molar-refractivity contribution >= 4 is 10.9 Å². The van der Waals surface area contributed by atoms with E-state index < -0.39 is 0 Å². The number of fused-ring (bicyclic) bond motifs is 1. The van der Waals surface area contributed by atoms with Crippen LogP contribution < -0.4 is 5.56 Å². The van der Waals surface area contributed by atoms with Crippen LogP contribution in [0, 0.1) is 0 Å². The van der Waals surface area contributed by atoms with E-state index >= 15 is 0 Å². The number of hydrogen-bond donors (Lipinski definition) is 3. The second-order valence-electron chi connectivity index (χ2n) is 10.7. The number of hydrogen-bond acceptors (Lipinski definition) is 7. The Morgan fingerprint density at radius 2 is 1.67 bits per heavy atom. The lowest BCUT2D eigenvalue weighted by Gasteiger charge is -2.30. The van der Waals surface area contributed by atoms with Crippen LogP contribution in [-0.2, 0) is 6.54 Å². The number of aromatic amines is 2. The van der Waals surface area contributed by atoms with Crippen LogP contribution in [0.25, 0.3) is 44.7 Å². The molecule has 5 heterocycles. The molecule has 0 radical (unpaired) electrons. The van der Waals surface area contributed by atoms with E-state index in [4.69, 9.17) is 4.98 Å². The Bertz CT molecular complexity index is 1890. The van der Waals surface area contributed by atoms with Crippen molar-refractivity contribution in [3.8, 4) is 39.7 Å². The summed E-state index contributed by atoms with van der Waals surface area (Å²) in [5, 5.41) is 18.7. The van der Waals surface area contributed by atoms with E-state index in [1.54, 1.807) is 24.5 Å². The third-order valence-corrected chi connectivity index (χ3v) is 7.97. The Balaban J connectivity index is 1.05. The molecular weight excluding hydrogens is 526 g/mol. The van der Waals surface area contributed by atoms with Gasteiger partial charge in [0, 0.05) is 47.6 Å². The summed E-state index contributed by atoms with van der Waals surface area (Å²) in [6, 6.07) is 25.8. The van der Waals surface area contributed by atoms with Crippen LogP contribution in [0.4, 0.5) is 0 Å². The Morgan fingerprint density at radius 1 is 0.881 bits per heavy atom. The fraction of sp³-hybridized carbons (Fsp3) is 0.182. The molecule has 0 spiro atoms. The van der Waals surface area contributed by atoms with Crippen molar-refractivity contribution in [1.29, 1.82) is 0 Å². The van der Waals surface area contributed by atoms with Gasteiger partial charge in [0.25, 0.3) is 5.56 Å². The third kappa shape index (κ3) is 5.17. The van der Waals surface area contributed by atoms with Gasteiger partial charge in [0.15, 0.2) is 5.82 Å². The summed E-state index contributed by atoms with van der Waals surface area (Å²) in [6.07, 6.45) is 5.24. The molecule has 3 N–H and O–H groups in total. The van der Waals surface area contributed by atoms with E-state index in [1.807, 2.05) is 42.5 Å². The van der Waals surface area contributed by atoms with Gasteiger partial charge in [-0.3, -0.25) is 9.69 Å². The molecule has 0 atom stereocenters. The average molecular weight is 556 g/mol. The number of H-pyrrole nitrogens is 2. The average Bonchev–Trinajstić information content (AvgIpc) is 3.53. The van der Waals surface area contributed by atoms with Crippen molar-refractivity contribution in [1.82, 2.24) is 35.0 Å². The lowest BCUT2D eigenvalue weighted by Crippen LogP contribution is -2.32. The molecule has 4 aromatic heterocycles. The molecule has 1 aliphatic heterocycles. The Kier molecular flexibility index (Phi) is 6.77. The highest BCUT2D eigenvalue weighted by molar-refractivity contribution is 5.91. The van der Waals surface area contributed by atoms with Crippen molar-refractivity contribution < 1.29 is 5.11 Å². The van der Waals surface area contributed by atoms with Crippen LogP contribution in [-0.4, -0.2) is 53.2 Å². The maximum Gasteiger partial charge on any atom is 0.257 e. The van der Waals surface area contributed by atoms with E-state index in [9.17, 15) is 9.90 Å². The highest BCUT2D eigenvalue weighted by Crippen LogP contribution is 2.33. The highest BCUT2D eigenvalue weighted by atomic mass is 16.3. The van der Waals surface area contributed by atoms with Crippen LogP contribution in [0.15, 0.2) is 96.1 Å². The minimum atomic E-state index is -0.138. The molecule has 0 saturated carbocycles. The minimum Gasteiger partial charge on any atom is -0.493 e. The molecule has 1 fully saturated rings. The maximum atomic E-state index is 12.5. The molecule has 0 bridgehead atoms. The number of aromatic nitrogens is 6. The van der Waals surface area contributed by atoms with Gasteiger partial charge in [0.1, 0.15) is 5.82 Å². The second-order valence-corrected chi connectivity index (χ2v) is 10.7. The van der Waals surface area contributed by atoms with Crippen LogP contribution in [0.5, 0.6) is 5.88 Å². The van der Waals surface area contributed by atoms with Gasteiger partial charge in [-0.1, -0.05) is 54.6 Å². The SMILES string of the molecule is O=c1[nH]ccc2nc(-c3ccc(CN4CCC(c5nnc(-c6ccc(O)nc6)[nH]5)CC4)cc3)c(-c3ccccc3)cc12. The van der Waals surface area contributed by atoms with Gasteiger partial charge in [-0.15, -0.1) is 10.2 Å². The summed E-state index contributed by atoms with van der Waals surface area (Å²) in [5.74, 6) is 1.89. The molecule has 208 valence electrons. The highest BCUT2D eigenvalue weighted by Gasteiger charge is 2.24. The lowest BCUT2D eigenvalue weighted by molar-refractivity contribution is 0.202. The molecule has 9 heteroatoms. The number of nitrogens with one attached hydrogen (secondary N) is 2. The normalized spacial score (nSPS) is 14.4. The number of pyridine rings is 3. The van der Waals surface area contributed by atoms with Crippen LogP contribution >= 0.6 is 0 Å². The quantitative estimate of drug-likeness (QED) is 0.247. The zero-order chi connectivity index (χ0) is 28.5. The van der Waals surface area contributed by atoms with E-state index in [0.717, 1.165) is 66.2 Å². The maximum absolute atomic E-state index is 12.5. The number of aromatic hydroxyl groups is 1. The van der Waals surface area contributed by atoms with E-state index in [0.29, 0.717) is 22.6 Å². The van der Waals surface area contributed by atoms with Crippen LogP contribution in [0.1, 0.15) is 30.1 Å². The molecule has 0 unspecified atom stereocenters. The first-order valence-electron chi connectivity index (χ1n) is 14.1. The van der Waals surface area contributed by atoms with Crippen molar-refractivity contribution in [2.24, 2.45) is 0 Å². The first kappa shape index (κ1) is 25.8. The summed E-state index contributed by atoms with van der Waals surface area (Å²) < 4.78 is 0. The van der Waals surface area contributed by atoms with E-state index in [-0.39, 0.29) is 11.4 Å². The monoisotopic (exact) mass is 555 g/mol. The summed E-state index contributed by atoms with van der Waals surface area (Å²) in [7, 11) is 0. The predicted molar refractivity (Wildman–Crippen MR) is 162 cm³/mol. The fourth-order valence-electron chi connectivity index (χ4n) is 5.67. The van der Waals surface area contributed by atoms with E-state index in [2.05, 4.69) is 54.3 Å². The zero-order valence-corrected chi connectivity index (χ0v) is 22.9. The van der Waals surface area contributed by atoms with Crippen LogP contribution in [0.2, 0.25) is 0 Å². The number of benzene rings is 2. The van der Waals surface area contributed by atoms with Gasteiger partial charge in [-0.05, 0) is 55.3 Å². The Morgan fingerprint density at radius 3 is 2.43 bits per heavy atom. The van der Waals surface area contributed by atoms with Gasteiger partial charge in [-0.2, -0.15) is 0 Å². The first-order valence-corrected chi connectivity index (χ1v) is 14.1. The molecule has 0 amide bonds. The summed E-state index contributed by atoms with van der Waals surface area (Å²) in [5.41, 5.74) is 6.43. The summed E-state index contributed by atoms with van der Waals surface area (Å²) in [4.78, 5) is 29.9. The lowest BCUT2D eigenvalue weighted by atomic mass is 9.95. The first-order chi connectivity index (χ1) is 20.6. The second kappa shape index (κ2) is 11.0. The van der Waals surface area contributed by atoms with Crippen molar-refractivity contribution in [3.05, 3.63) is 113 Å². The zero-order valence-electron chi connectivity index (χ0n) is 22.9. The van der Waals surface area contributed by atoms with Crippen molar-refractivity contribution in [3.63, 3.8) is 0 Å². The Hall–Kier alpha value is -5.15. The molecule has 7 rings (SSSR count). The molecule has 42 heavy (non-hydrogen) atoms. The number of likely N-dealkylation sites (tertiary alicyclic amines) is 1. The third-order valence-electron chi connectivity index (χ3n) is 7.97. The Labute approximate surface area is 242 Å². The van der Waals surface area contributed by atoms with Crippen molar-refractivity contribution in [2.45, 2.75) is 25.3 Å². The number of nitrogens with zero attached hydrogens (tertiary/aromatic N) is 5. The van der Waals surface area contributed by atoms with Gasteiger partial charge in [0.05, 0.1) is 16.6 Å². The number of rotatable bonds is 6. The molecule has 2 aromatic carbocycles. The molecule has 1 aliphatic rings. The standard InChI is InChI=1S/C33H29N7O2/c41-29-11-10-25(19-35-29)32-37-31(38-39-32)24-13-16-40(17-14-24)20-21-6-8-23(9-7-21)30-26(22-4-2-1-3-5-22)18-27-28(36-30)12-15-34-33(27)42/h1-12,15,18-19,24H,13-14,16-17,20H2,(H,34,42)(H,35,41)(H,37,38,39). The fourth-order valence-corrected chi connectivity index (χ4v) is 5.67. The largest absolute Gasteiger partial charge is 0.493 e. The molecule has 6 aromatic rings. The topological polar surface area (TPSA) is 124 Å². The van der Waals surface area contributed by atoms with Crippen molar-refractivity contribution in [2.75, 3.05) is 13.1 Å². The minimum absolute atomic E-state index is 0.0133. The van der Waals surface area contributed by atoms with Crippen LogP contribution in [0.3, 0.4) is 0 Å².